The van der Waals surface area contributed by atoms with Crippen molar-refractivity contribution in [2.45, 2.75) is 31.3 Å². The smallest absolute Gasteiger partial charge is 0.309 e. The Hall–Kier alpha value is -3.18. The quantitative estimate of drug-likeness (QED) is 0.528. The summed E-state index contributed by atoms with van der Waals surface area (Å²) < 4.78 is 40.3. The van der Waals surface area contributed by atoms with Gasteiger partial charge in [0.1, 0.15) is 11.5 Å². The van der Waals surface area contributed by atoms with Crippen molar-refractivity contribution >= 4 is 26.9 Å². The van der Waals surface area contributed by atoms with E-state index in [-0.39, 0.29) is 30.0 Å². The molecule has 1 fully saturated rings. The predicted molar refractivity (Wildman–Crippen MR) is 120 cm³/mol. The molecule has 0 unspecified atom stereocenters. The van der Waals surface area contributed by atoms with Crippen LogP contribution in [0.2, 0.25) is 0 Å². The van der Waals surface area contributed by atoms with Gasteiger partial charge >= 0.3 is 5.97 Å². The number of carboxylic acids is 1. The lowest BCUT2D eigenvalue weighted by atomic mass is 10.1. The molecule has 1 N–H and O–H groups in total. The molecule has 0 bridgehead atoms. The summed E-state index contributed by atoms with van der Waals surface area (Å²) in [4.78, 5) is 15.4. The molecule has 176 valence electrons. The van der Waals surface area contributed by atoms with Crippen LogP contribution in [-0.4, -0.2) is 65.4 Å². The number of carbonyl (C=O) groups is 1. The Morgan fingerprint density at radius 1 is 1.21 bits per heavy atom. The van der Waals surface area contributed by atoms with E-state index in [1.54, 1.807) is 36.1 Å². The molecule has 4 rings (SSSR count). The highest BCUT2D eigenvalue weighted by atomic mass is 32.2. The molecule has 1 aromatic carbocycles. The van der Waals surface area contributed by atoms with Crippen LogP contribution in [0.5, 0.6) is 11.5 Å². The lowest BCUT2D eigenvalue weighted by Gasteiger charge is -2.17. The van der Waals surface area contributed by atoms with Crippen LogP contribution in [0.1, 0.15) is 25.6 Å². The van der Waals surface area contributed by atoms with Gasteiger partial charge in [0.25, 0.3) is 10.0 Å². The van der Waals surface area contributed by atoms with Crippen molar-refractivity contribution in [3.63, 3.8) is 0 Å². The van der Waals surface area contributed by atoms with Crippen molar-refractivity contribution in [2.24, 2.45) is 5.92 Å². The van der Waals surface area contributed by atoms with E-state index >= 15 is 0 Å². The van der Waals surface area contributed by atoms with Gasteiger partial charge in [-0.15, -0.1) is 0 Å². The Labute approximate surface area is 191 Å². The number of sulfonamides is 1. The summed E-state index contributed by atoms with van der Waals surface area (Å²) in [5.74, 6) is 0.0725. The molecular weight excluding hydrogens is 448 g/mol. The largest absolute Gasteiger partial charge is 0.497 e. The average molecular weight is 475 g/mol. The lowest BCUT2D eigenvalue weighted by molar-refractivity contribution is -0.136. The minimum Gasteiger partial charge on any atom is -0.497 e. The van der Waals surface area contributed by atoms with E-state index in [0.29, 0.717) is 41.2 Å². The van der Waals surface area contributed by atoms with E-state index in [9.17, 15) is 18.3 Å². The van der Waals surface area contributed by atoms with Crippen LogP contribution in [0.3, 0.4) is 0 Å². The molecule has 0 saturated carbocycles. The number of aromatic nitrogens is 3. The topological polar surface area (TPSA) is 124 Å². The Morgan fingerprint density at radius 3 is 2.61 bits per heavy atom. The monoisotopic (exact) mass is 474 g/mol. The van der Waals surface area contributed by atoms with E-state index in [0.717, 1.165) is 0 Å². The maximum atomic E-state index is 13.2. The van der Waals surface area contributed by atoms with Crippen LogP contribution in [-0.2, 0) is 21.2 Å². The number of carboxylic acid groups (broad SMARTS) is 1. The van der Waals surface area contributed by atoms with Gasteiger partial charge in [-0.3, -0.25) is 9.48 Å². The van der Waals surface area contributed by atoms with Crippen molar-refractivity contribution < 1.29 is 27.8 Å². The van der Waals surface area contributed by atoms with Gasteiger partial charge in [0.05, 0.1) is 43.6 Å². The third kappa shape index (κ3) is 4.38. The zero-order valence-electron chi connectivity index (χ0n) is 18.6. The molecule has 1 aliphatic rings. The van der Waals surface area contributed by atoms with Gasteiger partial charge in [0.2, 0.25) is 0 Å². The van der Waals surface area contributed by atoms with Crippen LogP contribution < -0.4 is 9.47 Å². The van der Waals surface area contributed by atoms with Gasteiger partial charge in [0.15, 0.2) is 5.03 Å². The van der Waals surface area contributed by atoms with Crippen LogP contribution in [0.25, 0.3) is 10.9 Å². The Balaban J connectivity index is 1.67. The fourth-order valence-corrected chi connectivity index (χ4v) is 5.63. The molecule has 0 spiro atoms. The highest BCUT2D eigenvalue weighted by Gasteiger charge is 2.40. The number of benzene rings is 1. The first-order chi connectivity index (χ1) is 15.7. The fraction of sp³-hybridized carbons (Fsp3) is 0.409. The molecule has 11 heteroatoms. The van der Waals surface area contributed by atoms with Crippen molar-refractivity contribution in [1.82, 2.24) is 19.1 Å². The molecule has 33 heavy (non-hydrogen) atoms. The molecule has 0 amide bonds. The molecule has 1 aliphatic heterocycles. The second-order valence-corrected chi connectivity index (χ2v) is 9.86. The number of aliphatic carboxylic acids is 1. The van der Waals surface area contributed by atoms with Gasteiger partial charge in [-0.1, -0.05) is 6.92 Å². The SMILES string of the molecule is CCOc1ccc(S(=O)(=O)N2C[C@@H](C)[C@@H](n3nc(CC(=O)O)c4ccc(OC)cc43)C2)nc1. The number of ether oxygens (including phenoxy) is 2. The van der Waals surface area contributed by atoms with Gasteiger partial charge in [0, 0.05) is 24.5 Å². The van der Waals surface area contributed by atoms with E-state index in [4.69, 9.17) is 9.47 Å². The normalized spacial score (nSPS) is 19.1. The number of pyridine rings is 1. The van der Waals surface area contributed by atoms with Crippen molar-refractivity contribution in [3.05, 3.63) is 42.2 Å². The zero-order chi connectivity index (χ0) is 23.8. The van der Waals surface area contributed by atoms with E-state index in [1.165, 1.54) is 16.6 Å². The first kappa shape index (κ1) is 23.0. The van der Waals surface area contributed by atoms with Crippen LogP contribution >= 0.6 is 0 Å². The molecule has 10 nitrogen and oxygen atoms in total. The third-order valence-corrected chi connectivity index (χ3v) is 7.54. The molecule has 1 saturated heterocycles. The number of fused-ring (bicyclic) bond motifs is 1. The molecule has 2 atom stereocenters. The van der Waals surface area contributed by atoms with Crippen molar-refractivity contribution in [3.8, 4) is 11.5 Å². The van der Waals surface area contributed by atoms with Gasteiger partial charge < -0.3 is 14.6 Å². The second kappa shape index (κ2) is 8.99. The summed E-state index contributed by atoms with van der Waals surface area (Å²) in [5, 5.41) is 14.6. The lowest BCUT2D eigenvalue weighted by Crippen LogP contribution is -2.30. The standard InChI is InChI=1S/C22H26N4O6S/c1-4-32-16-6-8-21(23-11-16)33(29,30)25-12-14(2)20(13-25)26-19-9-15(31-3)5-7-17(19)18(24-26)10-22(27)28/h5-9,11,14,20H,4,10,12-13H2,1-3H3,(H,27,28)/t14-,20+/m1/s1. The summed E-state index contributed by atoms with van der Waals surface area (Å²) in [6, 6.07) is 8.09. The summed E-state index contributed by atoms with van der Waals surface area (Å²) >= 11 is 0. The first-order valence-corrected chi connectivity index (χ1v) is 12.0. The molecule has 3 heterocycles. The van der Waals surface area contributed by atoms with Crippen molar-refractivity contribution in [2.75, 3.05) is 26.8 Å². The summed E-state index contributed by atoms with van der Waals surface area (Å²) in [7, 11) is -2.26. The van der Waals surface area contributed by atoms with Gasteiger partial charge in [-0.05, 0) is 37.1 Å². The Morgan fingerprint density at radius 2 is 1.97 bits per heavy atom. The summed E-state index contributed by atoms with van der Waals surface area (Å²) in [6.45, 7) is 4.75. The molecule has 2 aromatic heterocycles. The maximum absolute atomic E-state index is 13.2. The highest BCUT2D eigenvalue weighted by Crippen LogP contribution is 2.35. The van der Waals surface area contributed by atoms with Crippen molar-refractivity contribution in [1.29, 1.82) is 0 Å². The van der Waals surface area contributed by atoms with E-state index in [1.807, 2.05) is 13.8 Å². The van der Waals surface area contributed by atoms with Crippen LogP contribution in [0.4, 0.5) is 0 Å². The van der Waals surface area contributed by atoms with E-state index in [2.05, 4.69) is 10.1 Å². The minimum atomic E-state index is -3.82. The van der Waals surface area contributed by atoms with Crippen LogP contribution in [0, 0.1) is 5.92 Å². The molecule has 0 radical (unpaired) electrons. The van der Waals surface area contributed by atoms with Gasteiger partial charge in [-0.25, -0.2) is 13.4 Å². The van der Waals surface area contributed by atoms with Crippen LogP contribution in [0.15, 0.2) is 41.6 Å². The first-order valence-electron chi connectivity index (χ1n) is 10.6. The zero-order valence-corrected chi connectivity index (χ0v) is 19.4. The van der Waals surface area contributed by atoms with Gasteiger partial charge in [-0.2, -0.15) is 9.40 Å². The minimum absolute atomic E-state index is 0.0441. The number of nitrogens with zero attached hydrogens (tertiary/aromatic N) is 4. The Bertz CT molecular complexity index is 1270. The summed E-state index contributed by atoms with van der Waals surface area (Å²) in [5.41, 5.74) is 1.14. The number of hydrogen-bond donors (Lipinski definition) is 1. The maximum Gasteiger partial charge on any atom is 0.309 e. The third-order valence-electron chi connectivity index (χ3n) is 5.79. The molecule has 3 aromatic rings. The Kier molecular flexibility index (Phi) is 6.26. The number of methoxy groups -OCH3 is 1. The summed E-state index contributed by atoms with van der Waals surface area (Å²) in [6.07, 6.45) is 1.17. The average Bonchev–Trinajstić information content (AvgIpc) is 3.34. The highest BCUT2D eigenvalue weighted by molar-refractivity contribution is 7.89. The van der Waals surface area contributed by atoms with E-state index < -0.39 is 16.0 Å². The number of hydrogen-bond acceptors (Lipinski definition) is 7. The molecular formula is C22H26N4O6S. The second-order valence-electron chi connectivity index (χ2n) is 7.98. The number of rotatable bonds is 8. The fourth-order valence-electron chi connectivity index (χ4n) is 4.16. The predicted octanol–water partition coefficient (Wildman–Crippen LogP) is 2.35. The molecule has 0 aliphatic carbocycles.